The molecular formula is C17H33N3. The number of nitrogens with zero attached hydrogens (tertiary/aromatic N) is 2. The Morgan fingerprint density at radius 1 is 0.950 bits per heavy atom. The quantitative estimate of drug-likeness (QED) is 0.547. The maximum Gasteiger partial charge on any atom is 0.0949 e. The first-order valence-corrected chi connectivity index (χ1v) is 8.57. The van der Waals surface area contributed by atoms with Gasteiger partial charge in [0.15, 0.2) is 0 Å². The number of imidazole rings is 1. The highest BCUT2D eigenvalue weighted by atomic mass is 15.0. The molecule has 0 aromatic carbocycles. The molecule has 0 fully saturated rings. The van der Waals surface area contributed by atoms with Gasteiger partial charge >= 0.3 is 0 Å². The predicted molar refractivity (Wildman–Crippen MR) is 86.8 cm³/mol. The van der Waals surface area contributed by atoms with Gasteiger partial charge in [0.2, 0.25) is 0 Å². The van der Waals surface area contributed by atoms with Gasteiger partial charge in [0.05, 0.1) is 12.0 Å². The van der Waals surface area contributed by atoms with E-state index in [9.17, 15) is 0 Å². The molecule has 0 unspecified atom stereocenters. The zero-order valence-corrected chi connectivity index (χ0v) is 13.3. The van der Waals surface area contributed by atoms with Crippen molar-refractivity contribution in [2.24, 2.45) is 5.73 Å². The highest BCUT2D eigenvalue weighted by molar-refractivity contribution is 4.96. The fourth-order valence-electron chi connectivity index (χ4n) is 2.59. The van der Waals surface area contributed by atoms with Crippen LogP contribution in [0.4, 0.5) is 0 Å². The number of hydrogen-bond donors (Lipinski definition) is 1. The molecule has 116 valence electrons. The van der Waals surface area contributed by atoms with Gasteiger partial charge in [-0.15, -0.1) is 0 Å². The summed E-state index contributed by atoms with van der Waals surface area (Å²) in [6, 6.07) is 0. The van der Waals surface area contributed by atoms with E-state index in [-0.39, 0.29) is 0 Å². The summed E-state index contributed by atoms with van der Waals surface area (Å²) in [4.78, 5) is 4.35. The number of unbranched alkanes of at least 4 members (excludes halogenated alkanes) is 9. The Kier molecular flexibility index (Phi) is 10.3. The van der Waals surface area contributed by atoms with Crippen LogP contribution in [0.2, 0.25) is 0 Å². The third kappa shape index (κ3) is 8.36. The Morgan fingerprint density at radius 2 is 1.55 bits per heavy atom. The lowest BCUT2D eigenvalue weighted by atomic mass is 10.1. The normalized spacial score (nSPS) is 11.1. The van der Waals surface area contributed by atoms with Gasteiger partial charge in [0, 0.05) is 19.2 Å². The van der Waals surface area contributed by atoms with E-state index in [0.717, 1.165) is 18.7 Å². The van der Waals surface area contributed by atoms with Crippen LogP contribution in [0.5, 0.6) is 0 Å². The summed E-state index contributed by atoms with van der Waals surface area (Å²) in [6.07, 6.45) is 18.9. The van der Waals surface area contributed by atoms with E-state index in [1.165, 1.54) is 64.2 Å². The molecule has 0 spiro atoms. The lowest BCUT2D eigenvalue weighted by Gasteiger charge is -2.03. The monoisotopic (exact) mass is 279 g/mol. The molecule has 0 aliphatic heterocycles. The molecule has 0 saturated heterocycles. The van der Waals surface area contributed by atoms with Crippen molar-refractivity contribution in [1.29, 1.82) is 0 Å². The minimum Gasteiger partial charge on any atom is -0.337 e. The van der Waals surface area contributed by atoms with Gasteiger partial charge in [-0.1, -0.05) is 64.7 Å². The molecule has 3 nitrogen and oxygen atoms in total. The van der Waals surface area contributed by atoms with Crippen LogP contribution in [0.25, 0.3) is 0 Å². The lowest BCUT2D eigenvalue weighted by molar-refractivity contribution is 0.534. The zero-order chi connectivity index (χ0) is 14.5. The summed E-state index contributed by atoms with van der Waals surface area (Å²) >= 11 is 0. The summed E-state index contributed by atoms with van der Waals surface area (Å²) in [5.74, 6) is 0. The number of rotatable bonds is 13. The van der Waals surface area contributed by atoms with Crippen LogP contribution in [0.3, 0.4) is 0 Å². The van der Waals surface area contributed by atoms with Crippen molar-refractivity contribution < 1.29 is 0 Å². The Labute approximate surface area is 125 Å². The molecule has 0 saturated carbocycles. The Bertz CT molecular complexity index is 320. The van der Waals surface area contributed by atoms with Crippen molar-refractivity contribution >= 4 is 0 Å². The van der Waals surface area contributed by atoms with Crippen molar-refractivity contribution in [3.8, 4) is 0 Å². The molecule has 0 amide bonds. The molecule has 2 N–H and O–H groups in total. The molecule has 0 atom stereocenters. The summed E-state index contributed by atoms with van der Waals surface area (Å²) in [6.45, 7) is 4.07. The summed E-state index contributed by atoms with van der Waals surface area (Å²) in [7, 11) is 0. The largest absolute Gasteiger partial charge is 0.337 e. The number of hydrogen-bond acceptors (Lipinski definition) is 2. The van der Waals surface area contributed by atoms with Crippen molar-refractivity contribution in [1.82, 2.24) is 9.55 Å². The van der Waals surface area contributed by atoms with E-state index in [1.807, 2.05) is 6.33 Å². The molecule has 0 bridgehead atoms. The van der Waals surface area contributed by atoms with Crippen molar-refractivity contribution in [2.75, 3.05) is 6.54 Å². The molecular weight excluding hydrogens is 246 g/mol. The number of aromatic nitrogens is 2. The maximum absolute atomic E-state index is 5.53. The topological polar surface area (TPSA) is 43.8 Å². The standard InChI is InChI=1S/C17H33N3/c1-2-3-4-5-6-7-8-9-10-11-14-20-15-17(12-13-18)19-16-20/h15-16H,2-14,18H2,1H3. The molecule has 0 aliphatic rings. The SMILES string of the molecule is CCCCCCCCCCCCn1cnc(CCN)c1. The first kappa shape index (κ1) is 17.2. The lowest BCUT2D eigenvalue weighted by Crippen LogP contribution is -2.02. The van der Waals surface area contributed by atoms with Crippen LogP contribution in [-0.2, 0) is 13.0 Å². The van der Waals surface area contributed by atoms with E-state index in [1.54, 1.807) is 0 Å². The number of nitrogens with two attached hydrogens (primary N) is 1. The molecule has 1 aromatic rings. The van der Waals surface area contributed by atoms with Gasteiger partial charge in [-0.3, -0.25) is 0 Å². The van der Waals surface area contributed by atoms with Gasteiger partial charge in [0.25, 0.3) is 0 Å². The van der Waals surface area contributed by atoms with Gasteiger partial charge in [-0.25, -0.2) is 4.98 Å². The minimum atomic E-state index is 0.690. The van der Waals surface area contributed by atoms with E-state index in [4.69, 9.17) is 5.73 Å². The zero-order valence-electron chi connectivity index (χ0n) is 13.3. The van der Waals surface area contributed by atoms with E-state index < -0.39 is 0 Å². The molecule has 20 heavy (non-hydrogen) atoms. The molecule has 1 heterocycles. The average molecular weight is 279 g/mol. The first-order chi connectivity index (χ1) is 9.86. The van der Waals surface area contributed by atoms with Crippen molar-refractivity contribution in [3.63, 3.8) is 0 Å². The summed E-state index contributed by atoms with van der Waals surface area (Å²) in [5, 5.41) is 0. The Morgan fingerprint density at radius 3 is 2.15 bits per heavy atom. The second-order valence-electron chi connectivity index (χ2n) is 5.82. The average Bonchev–Trinajstić information content (AvgIpc) is 2.89. The minimum absolute atomic E-state index is 0.690. The molecule has 0 radical (unpaired) electrons. The van der Waals surface area contributed by atoms with Crippen LogP contribution in [-0.4, -0.2) is 16.1 Å². The van der Waals surface area contributed by atoms with Crippen LogP contribution < -0.4 is 5.73 Å². The van der Waals surface area contributed by atoms with Crippen LogP contribution in [0, 0.1) is 0 Å². The third-order valence-corrected chi connectivity index (χ3v) is 3.86. The Balaban J connectivity index is 1.89. The van der Waals surface area contributed by atoms with E-state index in [0.29, 0.717) is 6.54 Å². The fraction of sp³-hybridized carbons (Fsp3) is 0.824. The number of aryl methyl sites for hydroxylation is 1. The van der Waals surface area contributed by atoms with Gasteiger partial charge < -0.3 is 10.3 Å². The second kappa shape index (κ2) is 12.0. The third-order valence-electron chi connectivity index (χ3n) is 3.86. The second-order valence-corrected chi connectivity index (χ2v) is 5.82. The molecule has 1 aromatic heterocycles. The maximum atomic E-state index is 5.53. The van der Waals surface area contributed by atoms with Gasteiger partial charge in [-0.2, -0.15) is 0 Å². The molecule has 1 rings (SSSR count). The Hall–Kier alpha value is -0.830. The molecule has 3 heteroatoms. The van der Waals surface area contributed by atoms with Crippen LogP contribution in [0.1, 0.15) is 76.8 Å². The van der Waals surface area contributed by atoms with E-state index in [2.05, 4.69) is 22.7 Å². The molecule has 0 aliphatic carbocycles. The highest BCUT2D eigenvalue weighted by Gasteiger charge is 1.98. The highest BCUT2D eigenvalue weighted by Crippen LogP contribution is 2.11. The first-order valence-electron chi connectivity index (χ1n) is 8.57. The summed E-state index contributed by atoms with van der Waals surface area (Å²) < 4.78 is 2.20. The van der Waals surface area contributed by atoms with E-state index >= 15 is 0 Å². The van der Waals surface area contributed by atoms with Gasteiger partial charge in [-0.05, 0) is 13.0 Å². The van der Waals surface area contributed by atoms with Crippen molar-refractivity contribution in [2.45, 2.75) is 84.1 Å². The summed E-state index contributed by atoms with van der Waals surface area (Å²) in [5.41, 5.74) is 6.65. The van der Waals surface area contributed by atoms with Crippen LogP contribution in [0.15, 0.2) is 12.5 Å². The fourth-order valence-corrected chi connectivity index (χ4v) is 2.59. The predicted octanol–water partition coefficient (Wildman–Crippen LogP) is 4.31. The smallest absolute Gasteiger partial charge is 0.0949 e. The van der Waals surface area contributed by atoms with Gasteiger partial charge in [0.1, 0.15) is 0 Å². The van der Waals surface area contributed by atoms with Crippen molar-refractivity contribution in [3.05, 3.63) is 18.2 Å². The van der Waals surface area contributed by atoms with Crippen LogP contribution >= 0.6 is 0 Å².